The SMILES string of the molecule is CCCCC(OC)(c1ccccc1)C(CC)OC. The lowest BCUT2D eigenvalue weighted by molar-refractivity contribution is -0.130. The summed E-state index contributed by atoms with van der Waals surface area (Å²) in [4.78, 5) is 0. The summed E-state index contributed by atoms with van der Waals surface area (Å²) in [7, 11) is 3.57. The van der Waals surface area contributed by atoms with Crippen LogP contribution in [-0.4, -0.2) is 20.3 Å². The first kappa shape index (κ1) is 15.2. The van der Waals surface area contributed by atoms with E-state index in [-0.39, 0.29) is 11.7 Å². The maximum atomic E-state index is 5.94. The highest BCUT2D eigenvalue weighted by molar-refractivity contribution is 5.24. The molecule has 0 aromatic heterocycles. The van der Waals surface area contributed by atoms with Gasteiger partial charge in [0.15, 0.2) is 0 Å². The molecule has 1 rings (SSSR count). The van der Waals surface area contributed by atoms with Crippen molar-refractivity contribution in [1.82, 2.24) is 0 Å². The fourth-order valence-corrected chi connectivity index (χ4v) is 2.69. The Bertz CT molecular complexity index is 319. The highest BCUT2D eigenvalue weighted by atomic mass is 16.5. The first-order chi connectivity index (χ1) is 8.75. The van der Waals surface area contributed by atoms with Crippen LogP contribution in [0.15, 0.2) is 30.3 Å². The fourth-order valence-electron chi connectivity index (χ4n) is 2.69. The van der Waals surface area contributed by atoms with Gasteiger partial charge in [-0.25, -0.2) is 0 Å². The van der Waals surface area contributed by atoms with Gasteiger partial charge in [0.2, 0.25) is 0 Å². The molecule has 0 N–H and O–H groups in total. The van der Waals surface area contributed by atoms with Crippen LogP contribution in [-0.2, 0) is 15.1 Å². The van der Waals surface area contributed by atoms with Crippen molar-refractivity contribution in [3.63, 3.8) is 0 Å². The molecule has 0 heterocycles. The molecule has 0 spiro atoms. The number of hydrogen-bond acceptors (Lipinski definition) is 2. The molecule has 1 aromatic carbocycles. The van der Waals surface area contributed by atoms with Crippen molar-refractivity contribution < 1.29 is 9.47 Å². The van der Waals surface area contributed by atoms with Crippen molar-refractivity contribution in [2.24, 2.45) is 0 Å². The van der Waals surface area contributed by atoms with Crippen LogP contribution in [0, 0.1) is 0 Å². The van der Waals surface area contributed by atoms with Gasteiger partial charge < -0.3 is 9.47 Å². The van der Waals surface area contributed by atoms with Gasteiger partial charge in [0.1, 0.15) is 5.60 Å². The Balaban J connectivity index is 3.12. The molecule has 0 radical (unpaired) electrons. The fraction of sp³-hybridized carbons (Fsp3) is 0.625. The van der Waals surface area contributed by atoms with E-state index in [1.54, 1.807) is 14.2 Å². The molecule has 0 fully saturated rings. The zero-order valence-corrected chi connectivity index (χ0v) is 12.1. The van der Waals surface area contributed by atoms with Gasteiger partial charge in [-0.2, -0.15) is 0 Å². The molecule has 0 aliphatic rings. The Morgan fingerprint density at radius 1 is 1.11 bits per heavy atom. The van der Waals surface area contributed by atoms with Gasteiger partial charge in [0.25, 0.3) is 0 Å². The summed E-state index contributed by atoms with van der Waals surface area (Å²) >= 11 is 0. The minimum atomic E-state index is -0.319. The molecule has 102 valence electrons. The lowest BCUT2D eigenvalue weighted by Gasteiger charge is -2.39. The maximum Gasteiger partial charge on any atom is 0.119 e. The quantitative estimate of drug-likeness (QED) is 0.690. The monoisotopic (exact) mass is 250 g/mol. The summed E-state index contributed by atoms with van der Waals surface area (Å²) < 4.78 is 11.6. The third kappa shape index (κ3) is 3.12. The Morgan fingerprint density at radius 3 is 2.22 bits per heavy atom. The Hall–Kier alpha value is -0.860. The third-order valence-corrected chi connectivity index (χ3v) is 3.70. The minimum Gasteiger partial charge on any atom is -0.378 e. The molecule has 2 unspecified atom stereocenters. The molecule has 2 atom stereocenters. The molecule has 2 nitrogen and oxygen atoms in total. The highest BCUT2D eigenvalue weighted by Gasteiger charge is 2.39. The molecule has 0 bridgehead atoms. The number of hydrogen-bond donors (Lipinski definition) is 0. The van der Waals surface area contributed by atoms with Crippen LogP contribution in [0.4, 0.5) is 0 Å². The number of ether oxygens (including phenoxy) is 2. The first-order valence-corrected chi connectivity index (χ1v) is 6.88. The zero-order chi connectivity index (χ0) is 13.4. The largest absolute Gasteiger partial charge is 0.378 e. The molecular weight excluding hydrogens is 224 g/mol. The van der Waals surface area contributed by atoms with E-state index in [1.807, 2.05) is 6.07 Å². The van der Waals surface area contributed by atoms with Gasteiger partial charge in [-0.05, 0) is 18.4 Å². The molecule has 0 amide bonds. The second kappa shape index (κ2) is 7.55. The minimum absolute atomic E-state index is 0.0939. The first-order valence-electron chi connectivity index (χ1n) is 6.88. The Kier molecular flexibility index (Phi) is 6.37. The number of rotatable bonds is 8. The summed E-state index contributed by atoms with van der Waals surface area (Å²) in [6.45, 7) is 4.36. The molecule has 2 heteroatoms. The Morgan fingerprint density at radius 2 is 1.78 bits per heavy atom. The van der Waals surface area contributed by atoms with E-state index in [4.69, 9.17) is 9.47 Å². The predicted octanol–water partition coefficient (Wildman–Crippen LogP) is 4.14. The third-order valence-electron chi connectivity index (χ3n) is 3.70. The second-order valence-corrected chi connectivity index (χ2v) is 4.70. The Labute approximate surface area is 111 Å². The number of benzene rings is 1. The summed E-state index contributed by atoms with van der Waals surface area (Å²) in [5.74, 6) is 0. The maximum absolute atomic E-state index is 5.94. The van der Waals surface area contributed by atoms with Crippen LogP contribution >= 0.6 is 0 Å². The van der Waals surface area contributed by atoms with Gasteiger partial charge in [-0.15, -0.1) is 0 Å². The van der Waals surface area contributed by atoms with Crippen molar-refractivity contribution in [3.05, 3.63) is 35.9 Å². The summed E-state index contributed by atoms with van der Waals surface area (Å²) in [5, 5.41) is 0. The van der Waals surface area contributed by atoms with Crippen LogP contribution in [0.1, 0.15) is 45.1 Å². The van der Waals surface area contributed by atoms with E-state index >= 15 is 0 Å². The lowest BCUT2D eigenvalue weighted by Crippen LogP contribution is -2.42. The molecule has 0 saturated heterocycles. The van der Waals surface area contributed by atoms with E-state index in [0.29, 0.717) is 0 Å². The zero-order valence-electron chi connectivity index (χ0n) is 12.1. The number of methoxy groups -OCH3 is 2. The predicted molar refractivity (Wildman–Crippen MR) is 75.7 cm³/mol. The standard InChI is InChI=1S/C16H26O2/c1-5-7-13-16(18-4,15(6-2)17-3)14-11-9-8-10-12-14/h8-12,15H,5-7,13H2,1-4H3. The molecule has 0 aliphatic carbocycles. The normalized spacial score (nSPS) is 16.2. The van der Waals surface area contributed by atoms with Gasteiger partial charge in [-0.1, -0.05) is 57.0 Å². The van der Waals surface area contributed by atoms with Crippen LogP contribution < -0.4 is 0 Å². The molecule has 18 heavy (non-hydrogen) atoms. The average molecular weight is 250 g/mol. The van der Waals surface area contributed by atoms with E-state index in [0.717, 1.165) is 25.7 Å². The van der Waals surface area contributed by atoms with Gasteiger partial charge in [0, 0.05) is 14.2 Å². The van der Waals surface area contributed by atoms with Crippen molar-refractivity contribution >= 4 is 0 Å². The van der Waals surface area contributed by atoms with E-state index < -0.39 is 0 Å². The summed E-state index contributed by atoms with van der Waals surface area (Å²) in [5.41, 5.74) is 0.899. The number of unbranched alkanes of at least 4 members (excludes halogenated alkanes) is 1. The van der Waals surface area contributed by atoms with E-state index in [2.05, 4.69) is 38.1 Å². The summed E-state index contributed by atoms with van der Waals surface area (Å²) in [6, 6.07) is 10.5. The molecule has 0 saturated carbocycles. The van der Waals surface area contributed by atoms with Crippen molar-refractivity contribution in [3.8, 4) is 0 Å². The highest BCUT2D eigenvalue weighted by Crippen LogP contribution is 2.37. The van der Waals surface area contributed by atoms with E-state index in [9.17, 15) is 0 Å². The van der Waals surface area contributed by atoms with Crippen LogP contribution in [0.5, 0.6) is 0 Å². The van der Waals surface area contributed by atoms with Gasteiger partial charge in [0.05, 0.1) is 6.10 Å². The topological polar surface area (TPSA) is 18.5 Å². The van der Waals surface area contributed by atoms with Gasteiger partial charge in [-0.3, -0.25) is 0 Å². The van der Waals surface area contributed by atoms with Crippen LogP contribution in [0.3, 0.4) is 0 Å². The summed E-state index contributed by atoms with van der Waals surface area (Å²) in [6.07, 6.45) is 4.34. The van der Waals surface area contributed by atoms with Crippen LogP contribution in [0.2, 0.25) is 0 Å². The average Bonchev–Trinajstić information content (AvgIpc) is 2.44. The molecular formula is C16H26O2. The van der Waals surface area contributed by atoms with Crippen LogP contribution in [0.25, 0.3) is 0 Å². The smallest absolute Gasteiger partial charge is 0.119 e. The van der Waals surface area contributed by atoms with Crippen molar-refractivity contribution in [1.29, 1.82) is 0 Å². The van der Waals surface area contributed by atoms with Gasteiger partial charge >= 0.3 is 0 Å². The van der Waals surface area contributed by atoms with Crippen molar-refractivity contribution in [2.45, 2.75) is 51.2 Å². The second-order valence-electron chi connectivity index (χ2n) is 4.70. The van der Waals surface area contributed by atoms with E-state index in [1.165, 1.54) is 5.56 Å². The van der Waals surface area contributed by atoms with Crippen molar-refractivity contribution in [2.75, 3.05) is 14.2 Å². The molecule has 0 aliphatic heterocycles. The molecule has 1 aromatic rings. The lowest BCUT2D eigenvalue weighted by atomic mass is 9.82.